The molecule has 1 aromatic rings. The minimum Gasteiger partial charge on any atom is -0.487 e. The zero-order valence-corrected chi connectivity index (χ0v) is 12.9. The lowest BCUT2D eigenvalue weighted by molar-refractivity contribution is 0.166. The van der Waals surface area contributed by atoms with E-state index in [1.807, 2.05) is 13.8 Å². The van der Waals surface area contributed by atoms with Crippen LogP contribution >= 0.6 is 11.6 Å². The minimum absolute atomic E-state index is 0.0559. The van der Waals surface area contributed by atoms with Gasteiger partial charge in [-0.3, -0.25) is 0 Å². The number of hydrogen-bond donors (Lipinski definition) is 2. The molecule has 1 aromatic carbocycles. The Morgan fingerprint density at radius 3 is 2.65 bits per heavy atom. The monoisotopic (exact) mass is 300 g/mol. The molecule has 5 nitrogen and oxygen atoms in total. The molecule has 0 spiro atoms. The molecule has 0 aliphatic heterocycles. The Labute approximate surface area is 124 Å². The fourth-order valence-electron chi connectivity index (χ4n) is 1.49. The number of amides is 2. The van der Waals surface area contributed by atoms with E-state index in [9.17, 15) is 4.79 Å². The van der Waals surface area contributed by atoms with E-state index in [4.69, 9.17) is 21.4 Å². The molecule has 1 rings (SSSR count). The standard InChI is InChI=1S/C14H21ClN2O3/c1-9(2)20-13-11(15)6-5-7-12(13)16-14(19)17(4)10(3)8-18/h5-7,9-10,18H,8H2,1-4H3,(H,16,19). The summed E-state index contributed by atoms with van der Waals surface area (Å²) >= 11 is 6.10. The van der Waals surface area contributed by atoms with E-state index in [-0.39, 0.29) is 24.8 Å². The third-order valence-corrected chi connectivity index (χ3v) is 3.11. The molecular formula is C14H21ClN2O3. The van der Waals surface area contributed by atoms with E-state index in [2.05, 4.69) is 5.32 Å². The third kappa shape index (κ3) is 4.28. The van der Waals surface area contributed by atoms with Gasteiger partial charge in [-0.1, -0.05) is 17.7 Å². The molecule has 2 amide bonds. The van der Waals surface area contributed by atoms with Crippen LogP contribution in [0.2, 0.25) is 5.02 Å². The van der Waals surface area contributed by atoms with Crippen molar-refractivity contribution in [1.82, 2.24) is 4.90 Å². The molecule has 112 valence electrons. The first kappa shape index (κ1) is 16.6. The topological polar surface area (TPSA) is 61.8 Å². The summed E-state index contributed by atoms with van der Waals surface area (Å²) in [5, 5.41) is 12.2. The molecule has 6 heteroatoms. The molecule has 1 atom stereocenters. The maximum absolute atomic E-state index is 12.1. The molecule has 0 bridgehead atoms. The number of anilines is 1. The number of aliphatic hydroxyl groups excluding tert-OH is 1. The summed E-state index contributed by atoms with van der Waals surface area (Å²) < 4.78 is 5.63. The average molecular weight is 301 g/mol. The molecule has 1 unspecified atom stereocenters. The fraction of sp³-hybridized carbons (Fsp3) is 0.500. The number of likely N-dealkylation sites (N-methyl/N-ethyl adjacent to an activating group) is 1. The zero-order valence-electron chi connectivity index (χ0n) is 12.2. The highest BCUT2D eigenvalue weighted by atomic mass is 35.5. The molecule has 0 aliphatic carbocycles. The second-order valence-electron chi connectivity index (χ2n) is 4.86. The van der Waals surface area contributed by atoms with E-state index < -0.39 is 0 Å². The van der Waals surface area contributed by atoms with Crippen LogP contribution in [0.3, 0.4) is 0 Å². The highest BCUT2D eigenvalue weighted by Crippen LogP contribution is 2.33. The number of aliphatic hydroxyl groups is 1. The van der Waals surface area contributed by atoms with E-state index in [0.29, 0.717) is 16.5 Å². The molecule has 0 saturated heterocycles. The van der Waals surface area contributed by atoms with E-state index in [1.165, 1.54) is 4.90 Å². The van der Waals surface area contributed by atoms with Crippen LogP contribution in [-0.2, 0) is 0 Å². The first-order valence-electron chi connectivity index (χ1n) is 6.46. The number of nitrogens with zero attached hydrogens (tertiary/aromatic N) is 1. The number of urea groups is 1. The average Bonchev–Trinajstić information content (AvgIpc) is 2.40. The third-order valence-electron chi connectivity index (χ3n) is 2.81. The summed E-state index contributed by atoms with van der Waals surface area (Å²) in [5.41, 5.74) is 0.508. The van der Waals surface area contributed by atoms with Crippen molar-refractivity contribution < 1.29 is 14.6 Å². The minimum atomic E-state index is -0.331. The molecule has 0 radical (unpaired) electrons. The summed E-state index contributed by atoms with van der Waals surface area (Å²) in [5.74, 6) is 0.447. The van der Waals surface area contributed by atoms with Crippen molar-refractivity contribution in [2.75, 3.05) is 19.0 Å². The van der Waals surface area contributed by atoms with Gasteiger partial charge in [-0.05, 0) is 32.9 Å². The summed E-state index contributed by atoms with van der Waals surface area (Å²) in [4.78, 5) is 13.5. The summed E-state index contributed by atoms with van der Waals surface area (Å²) in [6.07, 6.45) is -0.0559. The second-order valence-corrected chi connectivity index (χ2v) is 5.26. The number of benzene rings is 1. The maximum Gasteiger partial charge on any atom is 0.322 e. The quantitative estimate of drug-likeness (QED) is 0.879. The van der Waals surface area contributed by atoms with Gasteiger partial charge in [-0.25, -0.2) is 4.79 Å². The van der Waals surface area contributed by atoms with Gasteiger partial charge in [0.15, 0.2) is 5.75 Å². The molecule has 0 fully saturated rings. The van der Waals surface area contributed by atoms with Crippen molar-refractivity contribution in [2.24, 2.45) is 0 Å². The van der Waals surface area contributed by atoms with Crippen molar-refractivity contribution >= 4 is 23.3 Å². The zero-order chi connectivity index (χ0) is 15.3. The predicted molar refractivity (Wildman–Crippen MR) is 80.5 cm³/mol. The number of rotatable bonds is 5. The summed E-state index contributed by atoms with van der Waals surface area (Å²) in [6.45, 7) is 5.42. The van der Waals surface area contributed by atoms with Crippen molar-refractivity contribution in [3.63, 3.8) is 0 Å². The Hall–Kier alpha value is -1.46. The van der Waals surface area contributed by atoms with E-state index in [0.717, 1.165) is 0 Å². The van der Waals surface area contributed by atoms with Crippen LogP contribution in [-0.4, -0.2) is 41.8 Å². The Bertz CT molecular complexity index is 466. The molecular weight excluding hydrogens is 280 g/mol. The number of carbonyl (C=O) groups excluding carboxylic acids is 1. The number of halogens is 1. The van der Waals surface area contributed by atoms with Gasteiger partial charge in [0.1, 0.15) is 0 Å². The number of nitrogens with one attached hydrogen (secondary N) is 1. The van der Waals surface area contributed by atoms with E-state index >= 15 is 0 Å². The first-order valence-corrected chi connectivity index (χ1v) is 6.84. The van der Waals surface area contributed by atoms with Crippen LogP contribution in [0, 0.1) is 0 Å². The number of para-hydroxylation sites is 1. The van der Waals surface area contributed by atoms with Gasteiger partial charge in [0, 0.05) is 7.05 Å². The lowest BCUT2D eigenvalue weighted by atomic mass is 10.2. The van der Waals surface area contributed by atoms with Crippen LogP contribution in [0.5, 0.6) is 5.75 Å². The largest absolute Gasteiger partial charge is 0.487 e. The van der Waals surface area contributed by atoms with Crippen molar-refractivity contribution in [3.05, 3.63) is 23.2 Å². The first-order chi connectivity index (χ1) is 9.36. The predicted octanol–water partition coefficient (Wildman–Crippen LogP) is 2.97. The maximum atomic E-state index is 12.1. The molecule has 2 N–H and O–H groups in total. The Balaban J connectivity index is 2.92. The highest BCUT2D eigenvalue weighted by Gasteiger charge is 2.18. The number of hydrogen-bond acceptors (Lipinski definition) is 3. The molecule has 0 aromatic heterocycles. The lowest BCUT2D eigenvalue weighted by Gasteiger charge is -2.24. The van der Waals surface area contributed by atoms with Crippen LogP contribution in [0.1, 0.15) is 20.8 Å². The van der Waals surface area contributed by atoms with Gasteiger partial charge in [0.25, 0.3) is 0 Å². The van der Waals surface area contributed by atoms with Gasteiger partial charge in [0.2, 0.25) is 0 Å². The van der Waals surface area contributed by atoms with Crippen molar-refractivity contribution in [2.45, 2.75) is 32.9 Å². The van der Waals surface area contributed by atoms with Crippen LogP contribution < -0.4 is 10.1 Å². The smallest absolute Gasteiger partial charge is 0.322 e. The highest BCUT2D eigenvalue weighted by molar-refractivity contribution is 6.32. The van der Waals surface area contributed by atoms with Crippen molar-refractivity contribution in [3.8, 4) is 5.75 Å². The van der Waals surface area contributed by atoms with Gasteiger partial charge < -0.3 is 20.1 Å². The normalized spacial score (nSPS) is 12.2. The summed E-state index contributed by atoms with van der Waals surface area (Å²) in [6, 6.07) is 4.56. The number of ether oxygens (including phenoxy) is 1. The van der Waals surface area contributed by atoms with E-state index in [1.54, 1.807) is 32.2 Å². The molecule has 0 aliphatic rings. The second kappa shape index (κ2) is 7.36. The van der Waals surface area contributed by atoms with Crippen molar-refractivity contribution in [1.29, 1.82) is 0 Å². The SMILES string of the molecule is CC(C)Oc1c(Cl)cccc1NC(=O)N(C)C(C)CO. The Morgan fingerprint density at radius 2 is 2.10 bits per heavy atom. The van der Waals surface area contributed by atoms with Crippen LogP contribution in [0.15, 0.2) is 18.2 Å². The number of carbonyl (C=O) groups is 1. The lowest BCUT2D eigenvalue weighted by Crippen LogP contribution is -2.40. The molecule has 20 heavy (non-hydrogen) atoms. The molecule has 0 heterocycles. The van der Waals surface area contributed by atoms with Gasteiger partial charge in [-0.15, -0.1) is 0 Å². The van der Waals surface area contributed by atoms with Gasteiger partial charge >= 0.3 is 6.03 Å². The Morgan fingerprint density at radius 1 is 1.45 bits per heavy atom. The fourth-order valence-corrected chi connectivity index (χ4v) is 1.71. The Kier molecular flexibility index (Phi) is 6.10. The summed E-state index contributed by atoms with van der Waals surface area (Å²) in [7, 11) is 1.61. The molecule has 0 saturated carbocycles. The van der Waals surface area contributed by atoms with Crippen LogP contribution in [0.25, 0.3) is 0 Å². The van der Waals surface area contributed by atoms with Gasteiger partial charge in [-0.2, -0.15) is 0 Å². The van der Waals surface area contributed by atoms with Gasteiger partial charge in [0.05, 0.1) is 29.5 Å². The van der Waals surface area contributed by atoms with Crippen LogP contribution in [0.4, 0.5) is 10.5 Å².